The molecule has 2 aromatic rings. The van der Waals surface area contributed by atoms with E-state index in [2.05, 4.69) is 17.2 Å². The van der Waals surface area contributed by atoms with Crippen LogP contribution in [0.1, 0.15) is 35.7 Å². The Hall–Kier alpha value is -1.96. The summed E-state index contributed by atoms with van der Waals surface area (Å²) in [6, 6.07) is 7.89. The van der Waals surface area contributed by atoms with Gasteiger partial charge < -0.3 is 5.32 Å². The summed E-state index contributed by atoms with van der Waals surface area (Å²) in [7, 11) is -3.64. The van der Waals surface area contributed by atoms with Gasteiger partial charge in [0.2, 0.25) is 10.0 Å². The number of amides is 1. The second-order valence-electron chi connectivity index (χ2n) is 6.77. The van der Waals surface area contributed by atoms with Crippen LogP contribution >= 0.6 is 11.6 Å². The maximum Gasteiger partial charge on any atom is 0.253 e. The molecule has 6 nitrogen and oxygen atoms in total. The Morgan fingerprint density at radius 3 is 2.70 bits per heavy atom. The number of pyridine rings is 1. The molecule has 1 fully saturated rings. The molecule has 0 radical (unpaired) electrons. The molecule has 8 heteroatoms. The van der Waals surface area contributed by atoms with Crippen molar-refractivity contribution in [3.63, 3.8) is 0 Å². The lowest BCUT2D eigenvalue weighted by Crippen LogP contribution is -2.38. The van der Waals surface area contributed by atoms with Crippen molar-refractivity contribution in [1.29, 1.82) is 0 Å². The zero-order valence-corrected chi connectivity index (χ0v) is 16.6. The van der Waals surface area contributed by atoms with E-state index in [1.165, 1.54) is 22.5 Å². The zero-order valence-electron chi connectivity index (χ0n) is 15.1. The SMILES string of the molecule is CC1CCN(S(=O)(=O)c2ccc(Cl)c(C(=O)NCc3cccnc3)c2)CC1. The lowest BCUT2D eigenvalue weighted by molar-refractivity contribution is 0.0951. The van der Waals surface area contributed by atoms with Gasteiger partial charge in [0.1, 0.15) is 0 Å². The van der Waals surface area contributed by atoms with Gasteiger partial charge in [-0.2, -0.15) is 4.31 Å². The van der Waals surface area contributed by atoms with Crippen LogP contribution in [0.2, 0.25) is 5.02 Å². The summed E-state index contributed by atoms with van der Waals surface area (Å²) < 4.78 is 27.3. The number of nitrogens with zero attached hydrogens (tertiary/aromatic N) is 2. The van der Waals surface area contributed by atoms with Crippen LogP contribution in [0.4, 0.5) is 0 Å². The van der Waals surface area contributed by atoms with E-state index in [0.717, 1.165) is 18.4 Å². The van der Waals surface area contributed by atoms with E-state index in [1.54, 1.807) is 18.5 Å². The number of carbonyl (C=O) groups is 1. The van der Waals surface area contributed by atoms with Gasteiger partial charge in [-0.15, -0.1) is 0 Å². The summed E-state index contributed by atoms with van der Waals surface area (Å²) in [6.07, 6.45) is 4.98. The van der Waals surface area contributed by atoms with Crippen molar-refractivity contribution >= 4 is 27.5 Å². The highest BCUT2D eigenvalue weighted by Gasteiger charge is 2.29. The number of halogens is 1. The molecular formula is C19H22ClN3O3S. The van der Waals surface area contributed by atoms with E-state index in [0.29, 0.717) is 19.0 Å². The van der Waals surface area contributed by atoms with E-state index < -0.39 is 15.9 Å². The first-order chi connectivity index (χ1) is 12.9. The molecule has 0 aliphatic carbocycles. The fourth-order valence-corrected chi connectivity index (χ4v) is 4.69. The third kappa shape index (κ3) is 4.66. The number of hydrogen-bond donors (Lipinski definition) is 1. The summed E-state index contributed by atoms with van der Waals surface area (Å²) in [4.78, 5) is 16.6. The average molecular weight is 408 g/mol. The lowest BCUT2D eigenvalue weighted by atomic mass is 10.0. The average Bonchev–Trinajstić information content (AvgIpc) is 2.67. The first-order valence-electron chi connectivity index (χ1n) is 8.84. The monoisotopic (exact) mass is 407 g/mol. The number of benzene rings is 1. The van der Waals surface area contributed by atoms with E-state index in [-0.39, 0.29) is 22.0 Å². The van der Waals surface area contributed by atoms with E-state index in [9.17, 15) is 13.2 Å². The van der Waals surface area contributed by atoms with Gasteiger partial charge in [-0.25, -0.2) is 8.42 Å². The predicted molar refractivity (Wildman–Crippen MR) is 104 cm³/mol. The molecule has 1 amide bonds. The summed E-state index contributed by atoms with van der Waals surface area (Å²) >= 11 is 6.15. The molecule has 0 spiro atoms. The third-order valence-electron chi connectivity index (χ3n) is 4.74. The largest absolute Gasteiger partial charge is 0.348 e. The number of sulfonamides is 1. The van der Waals surface area contributed by atoms with Crippen LogP contribution in [0.5, 0.6) is 0 Å². The Bertz CT molecular complexity index is 911. The highest BCUT2D eigenvalue weighted by atomic mass is 35.5. The maximum atomic E-state index is 12.9. The van der Waals surface area contributed by atoms with Gasteiger partial charge >= 0.3 is 0 Å². The Morgan fingerprint density at radius 1 is 1.30 bits per heavy atom. The molecule has 1 N–H and O–H groups in total. The molecule has 3 rings (SSSR count). The normalized spacial score (nSPS) is 16.2. The van der Waals surface area contributed by atoms with Crippen LogP contribution in [0.15, 0.2) is 47.6 Å². The van der Waals surface area contributed by atoms with Gasteiger partial charge in [0.25, 0.3) is 5.91 Å². The van der Waals surface area contributed by atoms with Crippen molar-refractivity contribution in [2.24, 2.45) is 5.92 Å². The Morgan fingerprint density at radius 2 is 2.04 bits per heavy atom. The van der Waals surface area contributed by atoms with Crippen molar-refractivity contribution < 1.29 is 13.2 Å². The Labute approximate surface area is 164 Å². The fraction of sp³-hybridized carbons (Fsp3) is 0.368. The van der Waals surface area contributed by atoms with Crippen molar-refractivity contribution in [3.8, 4) is 0 Å². The smallest absolute Gasteiger partial charge is 0.253 e. The van der Waals surface area contributed by atoms with Gasteiger partial charge in [0.15, 0.2) is 0 Å². The molecule has 1 aliphatic rings. The number of carbonyl (C=O) groups excluding carboxylic acids is 1. The van der Waals surface area contributed by atoms with Gasteiger partial charge in [-0.1, -0.05) is 24.6 Å². The summed E-state index contributed by atoms with van der Waals surface area (Å²) in [5.41, 5.74) is 0.986. The minimum Gasteiger partial charge on any atom is -0.348 e. The topological polar surface area (TPSA) is 79.4 Å². The molecular weight excluding hydrogens is 386 g/mol. The van der Waals surface area contributed by atoms with Crippen molar-refractivity contribution in [2.75, 3.05) is 13.1 Å². The van der Waals surface area contributed by atoms with Gasteiger partial charge in [0.05, 0.1) is 15.5 Å². The van der Waals surface area contributed by atoms with Crippen LogP contribution < -0.4 is 5.32 Å². The number of rotatable bonds is 5. The first-order valence-corrected chi connectivity index (χ1v) is 10.7. The number of piperidine rings is 1. The molecule has 1 aliphatic heterocycles. The second kappa shape index (κ2) is 8.37. The highest BCUT2D eigenvalue weighted by Crippen LogP contribution is 2.26. The Kier molecular flexibility index (Phi) is 6.14. The molecule has 0 bridgehead atoms. The number of aromatic nitrogens is 1. The lowest BCUT2D eigenvalue weighted by Gasteiger charge is -2.29. The number of nitrogens with one attached hydrogen (secondary N) is 1. The minimum atomic E-state index is -3.64. The predicted octanol–water partition coefficient (Wildman–Crippen LogP) is 3.09. The third-order valence-corrected chi connectivity index (χ3v) is 6.96. The molecule has 1 aromatic heterocycles. The maximum absolute atomic E-state index is 12.9. The van der Waals surface area contributed by atoms with E-state index in [1.807, 2.05) is 6.07 Å². The van der Waals surface area contributed by atoms with E-state index in [4.69, 9.17) is 11.6 Å². The first kappa shape index (κ1) is 19.8. The molecule has 2 heterocycles. The molecule has 0 saturated carbocycles. The van der Waals surface area contributed by atoms with Crippen molar-refractivity contribution in [2.45, 2.75) is 31.2 Å². The zero-order chi connectivity index (χ0) is 19.4. The fourth-order valence-electron chi connectivity index (χ4n) is 2.99. The van der Waals surface area contributed by atoms with Crippen molar-refractivity contribution in [3.05, 3.63) is 58.9 Å². The summed E-state index contributed by atoms with van der Waals surface area (Å²) in [5.74, 6) is 0.101. The molecule has 0 unspecified atom stereocenters. The highest BCUT2D eigenvalue weighted by molar-refractivity contribution is 7.89. The molecule has 27 heavy (non-hydrogen) atoms. The molecule has 144 valence electrons. The van der Waals surface area contributed by atoms with Crippen LogP contribution in [0.25, 0.3) is 0 Å². The minimum absolute atomic E-state index is 0.0907. The van der Waals surface area contributed by atoms with Gasteiger partial charge in [-0.05, 0) is 48.6 Å². The van der Waals surface area contributed by atoms with Crippen LogP contribution in [-0.4, -0.2) is 36.7 Å². The van der Waals surface area contributed by atoms with Crippen LogP contribution in [0.3, 0.4) is 0 Å². The van der Waals surface area contributed by atoms with E-state index >= 15 is 0 Å². The number of hydrogen-bond acceptors (Lipinski definition) is 4. The molecule has 1 aromatic carbocycles. The standard InChI is InChI=1S/C19H22ClN3O3S/c1-14-6-9-23(10-7-14)27(25,26)16-4-5-18(20)17(11-16)19(24)22-13-15-3-2-8-21-12-15/h2-5,8,11-12,14H,6-7,9-10,13H2,1H3,(H,22,24). The summed E-state index contributed by atoms with van der Waals surface area (Å²) in [5, 5.41) is 2.96. The van der Waals surface area contributed by atoms with Gasteiger partial charge in [-0.3, -0.25) is 9.78 Å². The summed E-state index contributed by atoms with van der Waals surface area (Å²) in [6.45, 7) is 3.39. The van der Waals surface area contributed by atoms with Gasteiger partial charge in [0, 0.05) is 32.0 Å². The molecule has 0 atom stereocenters. The van der Waals surface area contributed by atoms with Crippen LogP contribution in [0, 0.1) is 5.92 Å². The molecule has 1 saturated heterocycles. The Balaban J connectivity index is 1.78. The quantitative estimate of drug-likeness (QED) is 0.825. The second-order valence-corrected chi connectivity index (χ2v) is 9.12. The van der Waals surface area contributed by atoms with Crippen LogP contribution in [-0.2, 0) is 16.6 Å². The van der Waals surface area contributed by atoms with Crippen molar-refractivity contribution in [1.82, 2.24) is 14.6 Å².